The van der Waals surface area contributed by atoms with Crippen LogP contribution in [0.4, 0.5) is 5.82 Å². The number of carbonyl (C=O) groups is 1. The molecule has 1 aromatic rings. The lowest BCUT2D eigenvalue weighted by Crippen LogP contribution is -2.44. The number of rotatable bonds is 5. The molecule has 0 aromatic carbocycles. The molecule has 0 bridgehead atoms. The van der Waals surface area contributed by atoms with Crippen LogP contribution in [0.2, 0.25) is 0 Å². The number of hydrogen-bond acceptors (Lipinski definition) is 7. The Kier molecular flexibility index (Phi) is 4.81. The van der Waals surface area contributed by atoms with E-state index in [-0.39, 0.29) is 5.92 Å². The van der Waals surface area contributed by atoms with Crippen LogP contribution in [-0.4, -0.2) is 78.5 Å². The highest BCUT2D eigenvalue weighted by atomic mass is 16.5. The van der Waals surface area contributed by atoms with E-state index in [9.17, 15) is 9.90 Å². The number of aromatic nitrogens is 2. The molecule has 1 aromatic heterocycles. The van der Waals surface area contributed by atoms with Gasteiger partial charge in [-0.05, 0) is 12.8 Å². The summed E-state index contributed by atoms with van der Waals surface area (Å²) in [6.07, 6.45) is 3.52. The summed E-state index contributed by atoms with van der Waals surface area (Å²) >= 11 is 0. The number of ether oxygens (including phenoxy) is 2. The average Bonchev–Trinajstić information content (AvgIpc) is 3.19. The Morgan fingerprint density at radius 1 is 1.35 bits per heavy atom. The molecule has 0 amide bonds. The van der Waals surface area contributed by atoms with Gasteiger partial charge in [-0.2, -0.15) is 0 Å². The monoisotopic (exact) mass is 362 g/mol. The molecule has 0 unspecified atom stereocenters. The molecule has 3 saturated heterocycles. The SMILES string of the molecule is COCc1cc(N2C[C@H]3CN(C4CCOCC4)C[C@@]3(C(=O)O)C2)ncn1. The lowest BCUT2D eigenvalue weighted by molar-refractivity contribution is -0.148. The maximum Gasteiger partial charge on any atom is 0.313 e. The fourth-order valence-electron chi connectivity index (χ4n) is 4.69. The number of carboxylic acid groups (broad SMARTS) is 1. The third kappa shape index (κ3) is 3.06. The molecule has 4 heterocycles. The number of fused-ring (bicyclic) bond motifs is 1. The van der Waals surface area contributed by atoms with E-state index in [4.69, 9.17) is 9.47 Å². The van der Waals surface area contributed by atoms with Crippen molar-refractivity contribution in [2.45, 2.75) is 25.5 Å². The summed E-state index contributed by atoms with van der Waals surface area (Å²) in [7, 11) is 1.63. The first kappa shape index (κ1) is 17.6. The Morgan fingerprint density at radius 3 is 2.85 bits per heavy atom. The van der Waals surface area contributed by atoms with Crippen LogP contribution in [0.15, 0.2) is 12.4 Å². The molecule has 0 saturated carbocycles. The first-order valence-electron chi connectivity index (χ1n) is 9.22. The highest BCUT2D eigenvalue weighted by molar-refractivity contribution is 5.78. The molecule has 3 aliphatic heterocycles. The van der Waals surface area contributed by atoms with Gasteiger partial charge in [0, 0.05) is 64.5 Å². The number of aliphatic carboxylic acids is 1. The number of anilines is 1. The van der Waals surface area contributed by atoms with Crippen LogP contribution in [0, 0.1) is 11.3 Å². The van der Waals surface area contributed by atoms with Crippen molar-refractivity contribution >= 4 is 11.8 Å². The van der Waals surface area contributed by atoms with E-state index in [2.05, 4.69) is 19.8 Å². The number of likely N-dealkylation sites (tertiary alicyclic amines) is 1. The predicted octanol–water partition coefficient (Wildman–Crippen LogP) is 0.625. The van der Waals surface area contributed by atoms with Gasteiger partial charge < -0.3 is 19.5 Å². The Morgan fingerprint density at radius 2 is 2.15 bits per heavy atom. The molecule has 142 valence electrons. The van der Waals surface area contributed by atoms with Crippen LogP contribution in [0.3, 0.4) is 0 Å². The molecular weight excluding hydrogens is 336 g/mol. The highest BCUT2D eigenvalue weighted by Gasteiger charge is 2.58. The van der Waals surface area contributed by atoms with Gasteiger partial charge >= 0.3 is 5.97 Å². The first-order chi connectivity index (χ1) is 12.6. The maximum atomic E-state index is 12.2. The maximum absolute atomic E-state index is 12.2. The molecule has 3 fully saturated rings. The normalized spacial score (nSPS) is 29.9. The smallest absolute Gasteiger partial charge is 0.313 e. The number of methoxy groups -OCH3 is 1. The second-order valence-corrected chi connectivity index (χ2v) is 7.61. The topological polar surface area (TPSA) is 88.0 Å². The molecule has 3 aliphatic rings. The Hall–Kier alpha value is -1.77. The lowest BCUT2D eigenvalue weighted by Gasteiger charge is -2.33. The van der Waals surface area contributed by atoms with Crippen molar-refractivity contribution in [3.63, 3.8) is 0 Å². The Balaban J connectivity index is 1.51. The number of nitrogens with zero attached hydrogens (tertiary/aromatic N) is 4. The van der Waals surface area contributed by atoms with Crippen molar-refractivity contribution in [1.82, 2.24) is 14.9 Å². The van der Waals surface area contributed by atoms with E-state index in [1.54, 1.807) is 7.11 Å². The van der Waals surface area contributed by atoms with Gasteiger partial charge in [0.25, 0.3) is 0 Å². The average molecular weight is 362 g/mol. The van der Waals surface area contributed by atoms with E-state index < -0.39 is 11.4 Å². The van der Waals surface area contributed by atoms with Gasteiger partial charge in [0.1, 0.15) is 17.6 Å². The second-order valence-electron chi connectivity index (χ2n) is 7.61. The second kappa shape index (κ2) is 7.09. The predicted molar refractivity (Wildman–Crippen MR) is 93.9 cm³/mol. The van der Waals surface area contributed by atoms with E-state index in [1.807, 2.05) is 6.07 Å². The third-order valence-corrected chi connectivity index (χ3v) is 6.09. The molecule has 8 heteroatoms. The van der Waals surface area contributed by atoms with Gasteiger partial charge in [-0.15, -0.1) is 0 Å². The minimum atomic E-state index is -0.718. The zero-order chi connectivity index (χ0) is 18.1. The van der Waals surface area contributed by atoms with Crippen LogP contribution in [0.1, 0.15) is 18.5 Å². The molecule has 26 heavy (non-hydrogen) atoms. The summed E-state index contributed by atoms with van der Waals surface area (Å²) in [5, 5.41) is 10.1. The van der Waals surface area contributed by atoms with Crippen molar-refractivity contribution in [3.8, 4) is 0 Å². The summed E-state index contributed by atoms with van der Waals surface area (Å²) in [6, 6.07) is 2.35. The van der Waals surface area contributed by atoms with Gasteiger partial charge in [0.15, 0.2) is 0 Å². The fraction of sp³-hybridized carbons (Fsp3) is 0.722. The third-order valence-electron chi connectivity index (χ3n) is 6.09. The largest absolute Gasteiger partial charge is 0.481 e. The van der Waals surface area contributed by atoms with Crippen molar-refractivity contribution < 1.29 is 19.4 Å². The summed E-state index contributed by atoms with van der Waals surface area (Å²) in [6.45, 7) is 4.65. The molecule has 0 spiro atoms. The van der Waals surface area contributed by atoms with Crippen LogP contribution in [0.25, 0.3) is 0 Å². The Bertz CT molecular complexity index is 666. The molecule has 0 aliphatic carbocycles. The Labute approximate surface area is 153 Å². The van der Waals surface area contributed by atoms with Crippen molar-refractivity contribution in [1.29, 1.82) is 0 Å². The quantitative estimate of drug-likeness (QED) is 0.816. The summed E-state index contributed by atoms with van der Waals surface area (Å²) < 4.78 is 10.6. The van der Waals surface area contributed by atoms with E-state index >= 15 is 0 Å². The van der Waals surface area contributed by atoms with E-state index in [0.717, 1.165) is 50.7 Å². The lowest BCUT2D eigenvalue weighted by atomic mass is 9.81. The van der Waals surface area contributed by atoms with Crippen LogP contribution < -0.4 is 4.90 Å². The van der Waals surface area contributed by atoms with Crippen molar-refractivity contribution in [2.75, 3.05) is 51.4 Å². The minimum absolute atomic E-state index is 0.115. The van der Waals surface area contributed by atoms with Gasteiger partial charge in [-0.1, -0.05) is 0 Å². The highest BCUT2D eigenvalue weighted by Crippen LogP contribution is 2.45. The molecule has 1 N–H and O–H groups in total. The molecule has 2 atom stereocenters. The van der Waals surface area contributed by atoms with Gasteiger partial charge in [0.2, 0.25) is 0 Å². The van der Waals surface area contributed by atoms with Gasteiger partial charge in [-0.3, -0.25) is 9.69 Å². The summed E-state index contributed by atoms with van der Waals surface area (Å²) in [5.41, 5.74) is 0.0905. The van der Waals surface area contributed by atoms with Crippen LogP contribution >= 0.6 is 0 Å². The molecule has 4 rings (SSSR count). The van der Waals surface area contributed by atoms with Crippen LogP contribution in [0.5, 0.6) is 0 Å². The molecular formula is C18H26N4O4. The van der Waals surface area contributed by atoms with Gasteiger partial charge in [-0.25, -0.2) is 9.97 Å². The standard InChI is InChI=1S/C18H26N4O4/c1-25-9-14-6-16(20-12-19-14)22-8-13-7-21(15-2-4-26-5-3-15)10-18(13,11-22)17(23)24/h6,12-13,15H,2-5,7-11H2,1H3,(H,23,24)/t13-,18-/m1/s1. The zero-order valence-corrected chi connectivity index (χ0v) is 15.1. The fourth-order valence-corrected chi connectivity index (χ4v) is 4.69. The van der Waals surface area contributed by atoms with E-state index in [1.165, 1.54) is 6.33 Å². The van der Waals surface area contributed by atoms with Crippen molar-refractivity contribution in [3.05, 3.63) is 18.1 Å². The molecule has 8 nitrogen and oxygen atoms in total. The summed E-state index contributed by atoms with van der Waals surface area (Å²) in [4.78, 5) is 25.3. The van der Waals surface area contributed by atoms with Crippen LogP contribution in [-0.2, 0) is 20.9 Å². The number of carboxylic acids is 1. The minimum Gasteiger partial charge on any atom is -0.481 e. The zero-order valence-electron chi connectivity index (χ0n) is 15.1. The van der Waals surface area contributed by atoms with E-state index in [0.29, 0.717) is 25.7 Å². The summed E-state index contributed by atoms with van der Waals surface area (Å²) in [5.74, 6) is 0.217. The first-order valence-corrected chi connectivity index (χ1v) is 9.22. The molecule has 0 radical (unpaired) electrons. The number of hydrogen-bond donors (Lipinski definition) is 1. The van der Waals surface area contributed by atoms with Crippen molar-refractivity contribution in [2.24, 2.45) is 11.3 Å². The van der Waals surface area contributed by atoms with Gasteiger partial charge in [0.05, 0.1) is 12.3 Å².